The molecule has 21 heavy (non-hydrogen) atoms. The van der Waals surface area contributed by atoms with Crippen LogP contribution in [0.4, 0.5) is 11.5 Å². The minimum absolute atomic E-state index is 0.0183. The van der Waals surface area contributed by atoms with Crippen LogP contribution in [0.3, 0.4) is 0 Å². The lowest BCUT2D eigenvalue weighted by molar-refractivity contribution is -0.385. The van der Waals surface area contributed by atoms with Gasteiger partial charge in [-0.05, 0) is 6.42 Å². The van der Waals surface area contributed by atoms with Gasteiger partial charge in [-0.25, -0.2) is 4.98 Å². The molecule has 1 saturated heterocycles. The molecule has 1 aliphatic rings. The van der Waals surface area contributed by atoms with Gasteiger partial charge in [-0.2, -0.15) is 0 Å². The fraction of sp³-hybridized carbons (Fsp3) is 0.538. The molecule has 1 aliphatic heterocycles. The Morgan fingerprint density at radius 3 is 3.05 bits per heavy atom. The van der Waals surface area contributed by atoms with Gasteiger partial charge in [0.2, 0.25) is 0 Å². The van der Waals surface area contributed by atoms with E-state index in [0.29, 0.717) is 25.6 Å². The number of ether oxygens (including phenoxy) is 1. The molecule has 1 amide bonds. The summed E-state index contributed by atoms with van der Waals surface area (Å²) in [7, 11) is 1.63. The third kappa shape index (κ3) is 3.10. The average molecular weight is 294 g/mol. The number of rotatable bonds is 4. The number of hydrogen-bond donors (Lipinski definition) is 1. The summed E-state index contributed by atoms with van der Waals surface area (Å²) in [6, 6.07) is 1.25. The fourth-order valence-corrected chi connectivity index (χ4v) is 2.33. The van der Waals surface area contributed by atoms with Crippen molar-refractivity contribution in [2.24, 2.45) is 0 Å². The Labute approximate surface area is 122 Å². The van der Waals surface area contributed by atoms with E-state index in [0.717, 1.165) is 12.6 Å². The predicted octanol–water partition coefficient (Wildman–Crippen LogP) is 1.28. The molecule has 1 fully saturated rings. The second-order valence-electron chi connectivity index (χ2n) is 4.73. The van der Waals surface area contributed by atoms with Crippen molar-refractivity contribution in [3.8, 4) is 0 Å². The number of pyridine rings is 1. The molecule has 8 heteroatoms. The van der Waals surface area contributed by atoms with Crippen LogP contribution >= 0.6 is 0 Å². The van der Waals surface area contributed by atoms with E-state index < -0.39 is 4.92 Å². The molecule has 0 radical (unpaired) electrons. The van der Waals surface area contributed by atoms with E-state index in [1.807, 2.05) is 6.92 Å². The van der Waals surface area contributed by atoms with Gasteiger partial charge in [0.15, 0.2) is 0 Å². The lowest BCUT2D eigenvalue weighted by Gasteiger charge is -2.35. The standard InChI is InChI=1S/C13H18N4O4/c1-3-9-8-21-5-4-16(9)13(18)11-6-10(17(19)20)7-15-12(11)14-2/h6-7,9H,3-5,8H2,1-2H3,(H,14,15). The molecule has 1 N–H and O–H groups in total. The zero-order valence-electron chi connectivity index (χ0n) is 12.0. The Bertz CT molecular complexity index is 549. The Hall–Kier alpha value is -2.22. The highest BCUT2D eigenvalue weighted by Gasteiger charge is 2.29. The van der Waals surface area contributed by atoms with Crippen molar-refractivity contribution in [3.05, 3.63) is 27.9 Å². The number of nitrogens with one attached hydrogen (secondary N) is 1. The number of nitro groups is 1. The first kappa shape index (κ1) is 15.2. The zero-order chi connectivity index (χ0) is 15.4. The lowest BCUT2D eigenvalue weighted by Crippen LogP contribution is -2.48. The fourth-order valence-electron chi connectivity index (χ4n) is 2.33. The largest absolute Gasteiger partial charge is 0.377 e. The quantitative estimate of drug-likeness (QED) is 0.663. The summed E-state index contributed by atoms with van der Waals surface area (Å²) >= 11 is 0. The van der Waals surface area contributed by atoms with Crippen molar-refractivity contribution in [2.75, 3.05) is 32.1 Å². The SMILES string of the molecule is CCC1COCCN1C(=O)c1cc([N+](=O)[O-])cnc1NC. The minimum Gasteiger partial charge on any atom is -0.377 e. The third-order valence-electron chi connectivity index (χ3n) is 3.51. The van der Waals surface area contributed by atoms with E-state index in [1.165, 1.54) is 6.07 Å². The monoisotopic (exact) mass is 294 g/mol. The van der Waals surface area contributed by atoms with Crippen LogP contribution in [0.25, 0.3) is 0 Å². The van der Waals surface area contributed by atoms with Gasteiger partial charge in [0.25, 0.3) is 11.6 Å². The van der Waals surface area contributed by atoms with Gasteiger partial charge in [-0.1, -0.05) is 6.92 Å². The third-order valence-corrected chi connectivity index (χ3v) is 3.51. The number of hydrogen-bond acceptors (Lipinski definition) is 6. The maximum atomic E-state index is 12.7. The molecular formula is C13H18N4O4. The lowest BCUT2D eigenvalue weighted by atomic mass is 10.1. The van der Waals surface area contributed by atoms with Gasteiger partial charge in [0.05, 0.1) is 29.7 Å². The van der Waals surface area contributed by atoms with Crippen molar-refractivity contribution >= 4 is 17.4 Å². The second kappa shape index (κ2) is 6.49. The summed E-state index contributed by atoms with van der Waals surface area (Å²) in [5.41, 5.74) is 0.0192. The Morgan fingerprint density at radius 1 is 1.67 bits per heavy atom. The van der Waals surface area contributed by atoms with Gasteiger partial charge >= 0.3 is 0 Å². The number of carbonyl (C=O) groups is 1. The summed E-state index contributed by atoms with van der Waals surface area (Å²) < 4.78 is 5.37. The molecule has 1 unspecified atom stereocenters. The molecule has 114 valence electrons. The molecule has 0 saturated carbocycles. The molecule has 2 heterocycles. The number of amides is 1. The molecule has 2 rings (SSSR count). The molecule has 1 atom stereocenters. The molecule has 0 spiro atoms. The summed E-state index contributed by atoms with van der Waals surface area (Å²) in [4.78, 5) is 28.7. The van der Waals surface area contributed by atoms with Gasteiger partial charge < -0.3 is 15.0 Å². The smallest absolute Gasteiger partial charge is 0.288 e. The van der Waals surface area contributed by atoms with Crippen LogP contribution in [0.1, 0.15) is 23.7 Å². The Kier molecular flexibility index (Phi) is 4.69. The van der Waals surface area contributed by atoms with Crippen LogP contribution < -0.4 is 5.32 Å². The first-order chi connectivity index (χ1) is 10.1. The number of anilines is 1. The van der Waals surface area contributed by atoms with Crippen LogP contribution in [0.5, 0.6) is 0 Å². The van der Waals surface area contributed by atoms with E-state index in [-0.39, 0.29) is 23.2 Å². The molecule has 8 nitrogen and oxygen atoms in total. The Balaban J connectivity index is 2.36. The summed E-state index contributed by atoms with van der Waals surface area (Å²) in [5.74, 6) is 0.0812. The molecule has 0 bridgehead atoms. The van der Waals surface area contributed by atoms with Crippen molar-refractivity contribution < 1.29 is 14.5 Å². The normalized spacial score (nSPS) is 18.4. The Morgan fingerprint density at radius 2 is 2.43 bits per heavy atom. The molecule has 1 aromatic heterocycles. The van der Waals surface area contributed by atoms with Crippen molar-refractivity contribution in [3.63, 3.8) is 0 Å². The van der Waals surface area contributed by atoms with Crippen LogP contribution in [0.2, 0.25) is 0 Å². The maximum absolute atomic E-state index is 12.7. The number of nitrogens with zero attached hydrogens (tertiary/aromatic N) is 3. The van der Waals surface area contributed by atoms with E-state index in [2.05, 4.69) is 10.3 Å². The zero-order valence-corrected chi connectivity index (χ0v) is 12.0. The van der Waals surface area contributed by atoms with E-state index in [4.69, 9.17) is 4.74 Å². The van der Waals surface area contributed by atoms with Crippen molar-refractivity contribution in [1.82, 2.24) is 9.88 Å². The van der Waals surface area contributed by atoms with Crippen LogP contribution in [0.15, 0.2) is 12.3 Å². The minimum atomic E-state index is -0.556. The summed E-state index contributed by atoms with van der Waals surface area (Å²) in [5, 5.41) is 13.7. The first-order valence-electron chi connectivity index (χ1n) is 6.79. The highest BCUT2D eigenvalue weighted by Crippen LogP contribution is 2.23. The molecular weight excluding hydrogens is 276 g/mol. The second-order valence-corrected chi connectivity index (χ2v) is 4.73. The predicted molar refractivity (Wildman–Crippen MR) is 76.4 cm³/mol. The number of carbonyl (C=O) groups excluding carboxylic acids is 1. The van der Waals surface area contributed by atoms with Gasteiger partial charge in [0, 0.05) is 19.7 Å². The van der Waals surface area contributed by atoms with Crippen molar-refractivity contribution in [2.45, 2.75) is 19.4 Å². The van der Waals surface area contributed by atoms with Gasteiger partial charge in [-0.3, -0.25) is 14.9 Å². The summed E-state index contributed by atoms with van der Waals surface area (Å²) in [6.07, 6.45) is 1.90. The van der Waals surface area contributed by atoms with Gasteiger partial charge in [0.1, 0.15) is 12.0 Å². The number of morpholine rings is 1. The van der Waals surface area contributed by atoms with Crippen LogP contribution in [-0.4, -0.2) is 53.6 Å². The van der Waals surface area contributed by atoms with Crippen molar-refractivity contribution in [1.29, 1.82) is 0 Å². The molecule has 0 aliphatic carbocycles. The highest BCUT2D eigenvalue weighted by molar-refractivity contribution is 5.99. The van der Waals surface area contributed by atoms with E-state index in [1.54, 1.807) is 11.9 Å². The topological polar surface area (TPSA) is 97.6 Å². The first-order valence-corrected chi connectivity index (χ1v) is 6.79. The van der Waals surface area contributed by atoms with E-state index in [9.17, 15) is 14.9 Å². The van der Waals surface area contributed by atoms with Crippen LogP contribution in [0, 0.1) is 10.1 Å². The van der Waals surface area contributed by atoms with Crippen LogP contribution in [-0.2, 0) is 4.74 Å². The van der Waals surface area contributed by atoms with E-state index >= 15 is 0 Å². The molecule has 1 aromatic rings. The van der Waals surface area contributed by atoms with Gasteiger partial charge in [-0.15, -0.1) is 0 Å². The maximum Gasteiger partial charge on any atom is 0.288 e. The molecule has 0 aromatic carbocycles. The average Bonchev–Trinajstić information content (AvgIpc) is 2.53. The number of aromatic nitrogens is 1. The summed E-state index contributed by atoms with van der Waals surface area (Å²) in [6.45, 7) is 3.41. The highest BCUT2D eigenvalue weighted by atomic mass is 16.6.